The first-order valence-corrected chi connectivity index (χ1v) is 8.20. The van der Waals surface area contributed by atoms with Gasteiger partial charge in [-0.05, 0) is 44.1 Å². The highest BCUT2D eigenvalue weighted by atomic mass is 16.2. The van der Waals surface area contributed by atoms with E-state index < -0.39 is 0 Å². The Morgan fingerprint density at radius 1 is 1.45 bits per heavy atom. The molecule has 0 aliphatic heterocycles. The Morgan fingerprint density at radius 3 is 2.86 bits per heavy atom. The largest absolute Gasteiger partial charge is 0.345 e. The number of aromatic nitrogens is 2. The van der Waals surface area contributed by atoms with Crippen LogP contribution in [0.25, 0.3) is 0 Å². The van der Waals surface area contributed by atoms with Crippen LogP contribution in [0.3, 0.4) is 0 Å². The number of hydrogen-bond donors (Lipinski definition) is 1. The van der Waals surface area contributed by atoms with Crippen molar-refractivity contribution in [3.63, 3.8) is 0 Å². The standard InChI is InChI=1S/C17H28N4O/c1-11(2)15(18)7-8-21(4)17(22)13-5-6-16-14(9-13)12(3)19-10-20-16/h10-11,13,15H,5-9,18H2,1-4H3. The molecule has 1 amide bonds. The molecule has 0 bridgehead atoms. The molecule has 122 valence electrons. The summed E-state index contributed by atoms with van der Waals surface area (Å²) in [5, 5.41) is 0. The number of fused-ring (bicyclic) bond motifs is 1. The number of nitrogens with zero attached hydrogens (tertiary/aromatic N) is 3. The van der Waals surface area contributed by atoms with Gasteiger partial charge < -0.3 is 10.6 Å². The van der Waals surface area contributed by atoms with Gasteiger partial charge in [0.25, 0.3) is 0 Å². The zero-order chi connectivity index (χ0) is 16.3. The molecular formula is C17H28N4O. The van der Waals surface area contributed by atoms with Crippen molar-refractivity contribution in [2.24, 2.45) is 17.6 Å². The number of rotatable bonds is 5. The molecule has 5 nitrogen and oxygen atoms in total. The summed E-state index contributed by atoms with van der Waals surface area (Å²) in [4.78, 5) is 23.1. The van der Waals surface area contributed by atoms with Crippen LogP contribution >= 0.6 is 0 Å². The second-order valence-electron chi connectivity index (χ2n) is 6.78. The first-order chi connectivity index (χ1) is 10.4. The Kier molecular flexibility index (Phi) is 5.51. The highest BCUT2D eigenvalue weighted by molar-refractivity contribution is 5.79. The minimum absolute atomic E-state index is 0.0532. The minimum atomic E-state index is 0.0532. The van der Waals surface area contributed by atoms with E-state index in [0.717, 1.165) is 43.6 Å². The molecule has 2 atom stereocenters. The molecule has 1 aromatic rings. The van der Waals surface area contributed by atoms with Gasteiger partial charge in [-0.15, -0.1) is 0 Å². The van der Waals surface area contributed by atoms with E-state index in [0.29, 0.717) is 5.92 Å². The van der Waals surface area contributed by atoms with Crippen molar-refractivity contribution in [1.82, 2.24) is 14.9 Å². The molecule has 0 fully saturated rings. The maximum atomic E-state index is 12.6. The molecule has 0 radical (unpaired) electrons. The van der Waals surface area contributed by atoms with Gasteiger partial charge in [0.15, 0.2) is 0 Å². The third-order valence-electron chi connectivity index (χ3n) is 4.81. The molecule has 1 aliphatic rings. The molecule has 0 saturated heterocycles. The fourth-order valence-electron chi connectivity index (χ4n) is 3.00. The quantitative estimate of drug-likeness (QED) is 0.899. The highest BCUT2D eigenvalue weighted by Gasteiger charge is 2.28. The van der Waals surface area contributed by atoms with Gasteiger partial charge in [0.05, 0.1) is 0 Å². The van der Waals surface area contributed by atoms with Crippen LogP contribution in [0.5, 0.6) is 0 Å². The van der Waals surface area contributed by atoms with Crippen LogP contribution in [0.2, 0.25) is 0 Å². The number of nitrogens with two attached hydrogens (primary N) is 1. The van der Waals surface area contributed by atoms with E-state index in [-0.39, 0.29) is 17.9 Å². The van der Waals surface area contributed by atoms with Gasteiger partial charge in [0, 0.05) is 36.9 Å². The average molecular weight is 304 g/mol. The normalized spacial score (nSPS) is 18.9. The van der Waals surface area contributed by atoms with Crippen LogP contribution in [0.4, 0.5) is 0 Å². The third-order valence-corrected chi connectivity index (χ3v) is 4.81. The lowest BCUT2D eigenvalue weighted by Gasteiger charge is -2.29. The summed E-state index contributed by atoms with van der Waals surface area (Å²) in [5.41, 5.74) is 9.36. The first kappa shape index (κ1) is 16.9. The van der Waals surface area contributed by atoms with E-state index in [1.54, 1.807) is 6.33 Å². The van der Waals surface area contributed by atoms with Gasteiger partial charge >= 0.3 is 0 Å². The zero-order valence-electron chi connectivity index (χ0n) is 14.2. The number of amides is 1. The number of aryl methyl sites for hydroxylation is 2. The summed E-state index contributed by atoms with van der Waals surface area (Å²) in [7, 11) is 1.89. The predicted molar refractivity (Wildman–Crippen MR) is 87.4 cm³/mol. The van der Waals surface area contributed by atoms with E-state index in [9.17, 15) is 4.79 Å². The van der Waals surface area contributed by atoms with Gasteiger partial charge in [0.2, 0.25) is 5.91 Å². The van der Waals surface area contributed by atoms with Gasteiger partial charge in [-0.25, -0.2) is 9.97 Å². The van der Waals surface area contributed by atoms with Crippen LogP contribution in [-0.4, -0.2) is 40.4 Å². The SMILES string of the molecule is Cc1ncnc2c1CC(C(=O)N(C)CCC(N)C(C)C)CC2. The summed E-state index contributed by atoms with van der Waals surface area (Å²) in [6.07, 6.45) is 4.99. The Hall–Kier alpha value is -1.49. The first-order valence-electron chi connectivity index (χ1n) is 8.20. The van der Waals surface area contributed by atoms with Crippen molar-refractivity contribution in [1.29, 1.82) is 0 Å². The molecule has 0 saturated carbocycles. The second kappa shape index (κ2) is 7.18. The lowest BCUT2D eigenvalue weighted by molar-refractivity contribution is -0.134. The number of carbonyl (C=O) groups excluding carboxylic acids is 1. The van der Waals surface area contributed by atoms with Crippen molar-refractivity contribution in [3.05, 3.63) is 23.3 Å². The molecule has 2 rings (SSSR count). The van der Waals surface area contributed by atoms with Crippen LogP contribution in [-0.2, 0) is 17.6 Å². The third kappa shape index (κ3) is 3.83. The van der Waals surface area contributed by atoms with E-state index in [2.05, 4.69) is 23.8 Å². The molecule has 0 spiro atoms. The summed E-state index contributed by atoms with van der Waals surface area (Å²) in [6, 6.07) is 0.151. The minimum Gasteiger partial charge on any atom is -0.345 e. The topological polar surface area (TPSA) is 72.1 Å². The smallest absolute Gasteiger partial charge is 0.225 e. The molecule has 5 heteroatoms. The van der Waals surface area contributed by atoms with Crippen LogP contribution in [0.15, 0.2) is 6.33 Å². The summed E-state index contributed by atoms with van der Waals surface area (Å²) in [5.74, 6) is 0.729. The maximum absolute atomic E-state index is 12.6. The van der Waals surface area contributed by atoms with Crippen LogP contribution < -0.4 is 5.73 Å². The van der Waals surface area contributed by atoms with Crippen LogP contribution in [0.1, 0.15) is 43.6 Å². The molecule has 1 aliphatic carbocycles. The maximum Gasteiger partial charge on any atom is 0.225 e. The lowest BCUT2D eigenvalue weighted by Crippen LogP contribution is -2.39. The number of hydrogen-bond acceptors (Lipinski definition) is 4. The molecule has 0 aromatic carbocycles. The summed E-state index contributed by atoms with van der Waals surface area (Å²) < 4.78 is 0. The average Bonchev–Trinajstić information content (AvgIpc) is 2.51. The Bertz CT molecular complexity index is 529. The Morgan fingerprint density at radius 2 is 2.18 bits per heavy atom. The van der Waals surface area contributed by atoms with Crippen molar-refractivity contribution in [2.45, 2.75) is 52.5 Å². The lowest BCUT2D eigenvalue weighted by atomic mass is 9.85. The summed E-state index contributed by atoms with van der Waals surface area (Å²) >= 11 is 0. The van der Waals surface area contributed by atoms with E-state index in [1.807, 2.05) is 18.9 Å². The predicted octanol–water partition coefficient (Wildman–Crippen LogP) is 1.72. The van der Waals surface area contributed by atoms with Crippen molar-refractivity contribution >= 4 is 5.91 Å². The highest BCUT2D eigenvalue weighted by Crippen LogP contribution is 2.26. The molecular weight excluding hydrogens is 276 g/mol. The van der Waals surface area contributed by atoms with Gasteiger partial charge in [-0.2, -0.15) is 0 Å². The second-order valence-corrected chi connectivity index (χ2v) is 6.78. The van der Waals surface area contributed by atoms with Crippen LogP contribution in [0, 0.1) is 18.8 Å². The van der Waals surface area contributed by atoms with Crippen molar-refractivity contribution in [3.8, 4) is 0 Å². The molecule has 2 unspecified atom stereocenters. The van der Waals surface area contributed by atoms with Gasteiger partial charge in [-0.1, -0.05) is 13.8 Å². The molecule has 2 N–H and O–H groups in total. The number of carbonyl (C=O) groups is 1. The Balaban J connectivity index is 1.95. The Labute approximate surface area is 133 Å². The molecule has 1 heterocycles. The van der Waals surface area contributed by atoms with Crippen molar-refractivity contribution in [2.75, 3.05) is 13.6 Å². The monoisotopic (exact) mass is 304 g/mol. The molecule has 22 heavy (non-hydrogen) atoms. The molecule has 1 aromatic heterocycles. The van der Waals surface area contributed by atoms with Gasteiger partial charge in [0.1, 0.15) is 6.33 Å². The fraction of sp³-hybridized carbons (Fsp3) is 0.706. The van der Waals surface area contributed by atoms with E-state index in [1.165, 1.54) is 5.56 Å². The van der Waals surface area contributed by atoms with E-state index in [4.69, 9.17) is 5.73 Å². The fourth-order valence-corrected chi connectivity index (χ4v) is 3.00. The zero-order valence-corrected chi connectivity index (χ0v) is 14.2. The summed E-state index contributed by atoms with van der Waals surface area (Å²) in [6.45, 7) is 6.96. The van der Waals surface area contributed by atoms with Crippen molar-refractivity contribution < 1.29 is 4.79 Å². The van der Waals surface area contributed by atoms with E-state index >= 15 is 0 Å². The van der Waals surface area contributed by atoms with Gasteiger partial charge in [-0.3, -0.25) is 4.79 Å².